The molecule has 0 spiro atoms. The Balaban J connectivity index is 2.15. The Bertz CT molecular complexity index is 213. The van der Waals surface area contributed by atoms with Gasteiger partial charge in [0.2, 0.25) is 0 Å². The number of carbonyl (C=O) groups is 1. The van der Waals surface area contributed by atoms with Crippen LogP contribution in [0.25, 0.3) is 0 Å². The Kier molecular flexibility index (Phi) is 2.16. The molecule has 2 saturated heterocycles. The third-order valence-corrected chi connectivity index (χ3v) is 3.92. The van der Waals surface area contributed by atoms with Crippen LogP contribution in [-0.2, 0) is 9.53 Å². The number of alkyl halides is 1. The molecule has 13 heavy (non-hydrogen) atoms. The summed E-state index contributed by atoms with van der Waals surface area (Å²) in [6.07, 6.45) is 3.95. The van der Waals surface area contributed by atoms with E-state index in [-0.39, 0.29) is 22.7 Å². The predicted octanol–water partition coefficient (Wildman–Crippen LogP) is 2.14. The molecule has 2 heterocycles. The lowest BCUT2D eigenvalue weighted by molar-refractivity contribution is -0.180. The molecule has 2 aliphatic heterocycles. The van der Waals surface area contributed by atoms with Gasteiger partial charge in [-0.05, 0) is 32.6 Å². The van der Waals surface area contributed by atoms with E-state index in [2.05, 4.69) is 6.92 Å². The fraction of sp³-hybridized carbons (Fsp3) is 0.900. The predicted molar refractivity (Wildman–Crippen MR) is 51.0 cm³/mol. The number of halogens is 1. The topological polar surface area (TPSA) is 26.3 Å². The van der Waals surface area contributed by atoms with Gasteiger partial charge < -0.3 is 4.74 Å². The van der Waals surface area contributed by atoms with Crippen LogP contribution in [0.3, 0.4) is 0 Å². The molecule has 74 valence electrons. The lowest BCUT2D eigenvalue weighted by Gasteiger charge is -2.50. The zero-order valence-electron chi connectivity index (χ0n) is 7.94. The maximum Gasteiger partial charge on any atom is 0.156 e. The highest BCUT2D eigenvalue weighted by molar-refractivity contribution is 6.28. The summed E-state index contributed by atoms with van der Waals surface area (Å²) < 4.78 is 5.71. The Morgan fingerprint density at radius 2 is 2.00 bits per heavy atom. The molecule has 3 aliphatic rings. The van der Waals surface area contributed by atoms with Crippen LogP contribution in [0.5, 0.6) is 0 Å². The van der Waals surface area contributed by atoms with Crippen molar-refractivity contribution >= 4 is 17.4 Å². The monoisotopic (exact) mass is 202 g/mol. The highest BCUT2D eigenvalue weighted by Crippen LogP contribution is 2.49. The summed E-state index contributed by atoms with van der Waals surface area (Å²) in [6, 6.07) is 0. The summed E-state index contributed by atoms with van der Waals surface area (Å²) >= 11 is 5.60. The molecule has 0 radical (unpaired) electrons. The second-order valence-corrected chi connectivity index (χ2v) is 4.84. The number of ketones is 1. The molecular formula is C10H15ClO2. The molecule has 0 unspecified atom stereocenters. The third-order valence-electron chi connectivity index (χ3n) is 3.67. The SMILES string of the molecule is CC12CCC(C(=O)CCl)(CC1)CO2. The van der Waals surface area contributed by atoms with Crippen LogP contribution in [-0.4, -0.2) is 23.9 Å². The molecule has 0 aromatic heterocycles. The van der Waals surface area contributed by atoms with Crippen LogP contribution >= 0.6 is 11.6 Å². The van der Waals surface area contributed by atoms with Gasteiger partial charge in [0, 0.05) is 0 Å². The largest absolute Gasteiger partial charge is 0.374 e. The normalized spacial score (nSPS) is 43.5. The zero-order valence-corrected chi connectivity index (χ0v) is 8.69. The van der Waals surface area contributed by atoms with Crippen molar-refractivity contribution in [2.24, 2.45) is 5.41 Å². The van der Waals surface area contributed by atoms with Crippen LogP contribution in [0.15, 0.2) is 0 Å². The Hall–Kier alpha value is -0.0800. The molecule has 1 aliphatic carbocycles. The van der Waals surface area contributed by atoms with E-state index in [1.54, 1.807) is 0 Å². The molecule has 3 heteroatoms. The Morgan fingerprint density at radius 1 is 1.38 bits per heavy atom. The molecule has 3 rings (SSSR count). The maximum atomic E-state index is 11.6. The van der Waals surface area contributed by atoms with Gasteiger partial charge >= 0.3 is 0 Å². The summed E-state index contributed by atoms with van der Waals surface area (Å²) in [5.74, 6) is 0.316. The number of hydrogen-bond acceptors (Lipinski definition) is 2. The number of rotatable bonds is 2. The van der Waals surface area contributed by atoms with E-state index in [4.69, 9.17) is 16.3 Å². The van der Waals surface area contributed by atoms with E-state index in [9.17, 15) is 4.79 Å². The van der Waals surface area contributed by atoms with Gasteiger partial charge in [0.1, 0.15) is 0 Å². The number of ether oxygens (including phenoxy) is 1. The second kappa shape index (κ2) is 2.96. The average Bonchev–Trinajstić information content (AvgIpc) is 2.18. The van der Waals surface area contributed by atoms with Gasteiger partial charge in [-0.3, -0.25) is 4.79 Å². The Morgan fingerprint density at radius 3 is 2.38 bits per heavy atom. The Labute approximate surface area is 83.6 Å². The molecule has 0 N–H and O–H groups in total. The van der Waals surface area contributed by atoms with Crippen molar-refractivity contribution in [3.63, 3.8) is 0 Å². The molecule has 0 atom stereocenters. The minimum atomic E-state index is -0.223. The second-order valence-electron chi connectivity index (χ2n) is 4.58. The average molecular weight is 203 g/mol. The first kappa shape index (κ1) is 9.47. The fourth-order valence-electron chi connectivity index (χ4n) is 2.36. The van der Waals surface area contributed by atoms with Crippen molar-refractivity contribution in [3.8, 4) is 0 Å². The van der Waals surface area contributed by atoms with Crippen LogP contribution in [0.4, 0.5) is 0 Å². The standard InChI is InChI=1S/C10H15ClO2/c1-9-2-4-10(5-3-9,7-13-9)8(12)6-11/h2-7H2,1H3. The van der Waals surface area contributed by atoms with Gasteiger partial charge in [-0.1, -0.05) is 0 Å². The lowest BCUT2D eigenvalue weighted by atomic mass is 9.65. The van der Waals surface area contributed by atoms with Crippen molar-refractivity contribution in [3.05, 3.63) is 0 Å². The molecule has 2 nitrogen and oxygen atoms in total. The van der Waals surface area contributed by atoms with E-state index in [1.165, 1.54) is 0 Å². The van der Waals surface area contributed by atoms with Crippen molar-refractivity contribution in [1.82, 2.24) is 0 Å². The highest BCUT2D eigenvalue weighted by Gasteiger charge is 2.50. The van der Waals surface area contributed by atoms with Gasteiger partial charge in [0.05, 0.1) is 23.5 Å². The van der Waals surface area contributed by atoms with E-state index >= 15 is 0 Å². The first-order valence-corrected chi connectivity index (χ1v) is 5.37. The molecule has 3 fully saturated rings. The van der Waals surface area contributed by atoms with Crippen LogP contribution < -0.4 is 0 Å². The number of Topliss-reactive ketones (excluding diaryl/α,β-unsaturated/α-hetero) is 1. The zero-order chi connectivity index (χ0) is 9.53. The van der Waals surface area contributed by atoms with Gasteiger partial charge in [0.25, 0.3) is 0 Å². The molecule has 0 amide bonds. The smallest absolute Gasteiger partial charge is 0.156 e. The maximum absolute atomic E-state index is 11.6. The highest BCUT2D eigenvalue weighted by atomic mass is 35.5. The van der Waals surface area contributed by atoms with Crippen molar-refractivity contribution in [2.75, 3.05) is 12.5 Å². The third kappa shape index (κ3) is 1.40. The lowest BCUT2D eigenvalue weighted by Crippen LogP contribution is -2.53. The van der Waals surface area contributed by atoms with Gasteiger partial charge in [0.15, 0.2) is 5.78 Å². The number of carbonyl (C=O) groups excluding carboxylic acids is 1. The van der Waals surface area contributed by atoms with Gasteiger partial charge in [-0.2, -0.15) is 0 Å². The molecule has 2 bridgehead atoms. The fourth-order valence-corrected chi connectivity index (χ4v) is 2.64. The summed E-state index contributed by atoms with van der Waals surface area (Å²) in [5.41, 5.74) is -0.173. The van der Waals surface area contributed by atoms with Crippen molar-refractivity contribution in [2.45, 2.75) is 38.2 Å². The summed E-state index contributed by atoms with van der Waals surface area (Å²) in [6.45, 7) is 2.73. The molecule has 0 aromatic rings. The molecular weight excluding hydrogens is 188 g/mol. The minimum Gasteiger partial charge on any atom is -0.374 e. The quantitative estimate of drug-likeness (QED) is 0.642. The first-order valence-electron chi connectivity index (χ1n) is 4.84. The summed E-state index contributed by atoms with van der Waals surface area (Å²) in [5, 5.41) is 0. The van der Waals surface area contributed by atoms with E-state index < -0.39 is 0 Å². The first-order chi connectivity index (χ1) is 6.10. The van der Waals surface area contributed by atoms with Crippen molar-refractivity contribution in [1.29, 1.82) is 0 Å². The van der Waals surface area contributed by atoms with Crippen LogP contribution in [0.2, 0.25) is 0 Å². The molecule has 0 aromatic carbocycles. The van der Waals surface area contributed by atoms with E-state index in [0.29, 0.717) is 6.61 Å². The number of hydrogen-bond donors (Lipinski definition) is 0. The summed E-state index contributed by atoms with van der Waals surface area (Å²) in [4.78, 5) is 11.6. The minimum absolute atomic E-state index is 0.0499. The van der Waals surface area contributed by atoms with Crippen molar-refractivity contribution < 1.29 is 9.53 Å². The van der Waals surface area contributed by atoms with E-state index in [0.717, 1.165) is 25.7 Å². The number of fused-ring (bicyclic) bond motifs is 3. The van der Waals surface area contributed by atoms with Gasteiger partial charge in [-0.15, -0.1) is 11.6 Å². The molecule has 1 saturated carbocycles. The van der Waals surface area contributed by atoms with E-state index in [1.807, 2.05) is 0 Å². The van der Waals surface area contributed by atoms with Crippen LogP contribution in [0.1, 0.15) is 32.6 Å². The summed E-state index contributed by atoms with van der Waals surface area (Å²) in [7, 11) is 0. The van der Waals surface area contributed by atoms with Gasteiger partial charge in [-0.25, -0.2) is 0 Å². The van der Waals surface area contributed by atoms with Crippen LogP contribution in [0, 0.1) is 5.41 Å².